The van der Waals surface area contributed by atoms with Crippen LogP contribution >= 0.6 is 11.6 Å². The lowest BCUT2D eigenvalue weighted by molar-refractivity contribution is 0.340. The van der Waals surface area contributed by atoms with Crippen LogP contribution in [0.3, 0.4) is 0 Å². The summed E-state index contributed by atoms with van der Waals surface area (Å²) in [5.74, 6) is 0.715. The van der Waals surface area contributed by atoms with Gasteiger partial charge in [-0.15, -0.1) is 0 Å². The molecule has 0 unspecified atom stereocenters. The van der Waals surface area contributed by atoms with E-state index in [4.69, 9.17) is 16.3 Å². The Morgan fingerprint density at radius 2 is 2.16 bits per heavy atom. The number of halogens is 1. The smallest absolute Gasteiger partial charge is 0.138 e. The van der Waals surface area contributed by atoms with E-state index < -0.39 is 0 Å². The number of rotatable bonds is 5. The Labute approximate surface area is 118 Å². The zero-order valence-electron chi connectivity index (χ0n) is 11.1. The molecular weight excluding hydrogens is 260 g/mol. The molecule has 19 heavy (non-hydrogen) atoms. The fourth-order valence-electron chi connectivity index (χ4n) is 1.76. The van der Waals surface area contributed by atoms with Gasteiger partial charge >= 0.3 is 0 Å². The van der Waals surface area contributed by atoms with Crippen LogP contribution < -0.4 is 10.1 Å². The van der Waals surface area contributed by atoms with Gasteiger partial charge in [-0.1, -0.05) is 11.6 Å². The molecule has 2 aromatic rings. The van der Waals surface area contributed by atoms with Gasteiger partial charge in [0.2, 0.25) is 0 Å². The van der Waals surface area contributed by atoms with Crippen molar-refractivity contribution in [1.29, 1.82) is 0 Å². The highest BCUT2D eigenvalue weighted by atomic mass is 35.5. The molecule has 0 saturated heterocycles. The van der Waals surface area contributed by atoms with Crippen molar-refractivity contribution >= 4 is 17.3 Å². The summed E-state index contributed by atoms with van der Waals surface area (Å²) >= 11 is 6.14. The van der Waals surface area contributed by atoms with Crippen LogP contribution in [-0.2, 0) is 6.54 Å². The maximum absolute atomic E-state index is 6.14. The fraction of sp³-hybridized carbons (Fsp3) is 0.267. The zero-order valence-corrected chi connectivity index (χ0v) is 11.9. The molecular formula is C15H17ClN2O. The lowest BCUT2D eigenvalue weighted by Crippen LogP contribution is -2.02. The van der Waals surface area contributed by atoms with Gasteiger partial charge in [-0.3, -0.25) is 4.98 Å². The molecule has 0 atom stereocenters. The van der Waals surface area contributed by atoms with E-state index in [1.54, 1.807) is 6.20 Å². The van der Waals surface area contributed by atoms with Crippen molar-refractivity contribution in [3.05, 3.63) is 52.8 Å². The second-order valence-corrected chi connectivity index (χ2v) is 4.64. The van der Waals surface area contributed by atoms with Gasteiger partial charge in [-0.05, 0) is 49.2 Å². The second kappa shape index (κ2) is 6.43. The number of aryl methyl sites for hydroxylation is 1. The number of nitrogens with one attached hydrogen (secondary N) is 1. The summed E-state index contributed by atoms with van der Waals surface area (Å²) in [6, 6.07) is 7.72. The van der Waals surface area contributed by atoms with E-state index in [-0.39, 0.29) is 0 Å². The summed E-state index contributed by atoms with van der Waals surface area (Å²) in [4.78, 5) is 4.13. The monoisotopic (exact) mass is 276 g/mol. The van der Waals surface area contributed by atoms with Gasteiger partial charge in [0.25, 0.3) is 0 Å². The largest absolute Gasteiger partial charge is 0.492 e. The molecule has 0 saturated carbocycles. The van der Waals surface area contributed by atoms with Crippen LogP contribution in [0.1, 0.15) is 18.1 Å². The predicted octanol–water partition coefficient (Wildman–Crippen LogP) is 4.05. The molecule has 4 heteroatoms. The summed E-state index contributed by atoms with van der Waals surface area (Å²) in [6.07, 6.45) is 3.67. The van der Waals surface area contributed by atoms with Crippen LogP contribution in [0.15, 0.2) is 36.7 Å². The van der Waals surface area contributed by atoms with Crippen molar-refractivity contribution in [1.82, 2.24) is 4.98 Å². The number of hydrogen-bond acceptors (Lipinski definition) is 3. The first-order valence-corrected chi connectivity index (χ1v) is 6.64. The number of pyridine rings is 1. The highest BCUT2D eigenvalue weighted by Gasteiger charge is 2.03. The third-order valence-electron chi connectivity index (χ3n) is 2.86. The maximum atomic E-state index is 6.14. The SMILES string of the molecule is CCOc1ccc(NCc2cnccc2C)cc1Cl. The molecule has 1 aromatic heterocycles. The van der Waals surface area contributed by atoms with Crippen LogP contribution in [0.5, 0.6) is 5.75 Å². The van der Waals surface area contributed by atoms with Gasteiger partial charge in [0.05, 0.1) is 11.6 Å². The quantitative estimate of drug-likeness (QED) is 0.894. The van der Waals surface area contributed by atoms with E-state index in [1.165, 1.54) is 11.1 Å². The summed E-state index contributed by atoms with van der Waals surface area (Å²) in [6.45, 7) is 5.35. The molecule has 1 aromatic carbocycles. The van der Waals surface area contributed by atoms with Gasteiger partial charge in [0.1, 0.15) is 5.75 Å². The minimum absolute atomic E-state index is 0.612. The van der Waals surface area contributed by atoms with Gasteiger partial charge in [-0.25, -0.2) is 0 Å². The summed E-state index contributed by atoms with van der Waals surface area (Å²) in [5, 5.41) is 3.95. The topological polar surface area (TPSA) is 34.1 Å². The van der Waals surface area contributed by atoms with Crippen molar-refractivity contribution < 1.29 is 4.74 Å². The molecule has 0 amide bonds. The predicted molar refractivity (Wildman–Crippen MR) is 78.9 cm³/mol. The van der Waals surface area contributed by atoms with Crippen molar-refractivity contribution in [2.24, 2.45) is 0 Å². The zero-order chi connectivity index (χ0) is 13.7. The maximum Gasteiger partial charge on any atom is 0.138 e. The van der Waals surface area contributed by atoms with Crippen LogP contribution in [-0.4, -0.2) is 11.6 Å². The van der Waals surface area contributed by atoms with E-state index in [0.717, 1.165) is 12.2 Å². The third-order valence-corrected chi connectivity index (χ3v) is 3.16. The van der Waals surface area contributed by atoms with Gasteiger partial charge in [0.15, 0.2) is 0 Å². The Kier molecular flexibility index (Phi) is 4.63. The van der Waals surface area contributed by atoms with E-state index in [0.29, 0.717) is 17.4 Å². The lowest BCUT2D eigenvalue weighted by Gasteiger charge is -2.11. The molecule has 0 spiro atoms. The molecule has 2 rings (SSSR count). The van der Waals surface area contributed by atoms with Crippen molar-refractivity contribution in [2.75, 3.05) is 11.9 Å². The molecule has 1 heterocycles. The van der Waals surface area contributed by atoms with Crippen LogP contribution in [0.2, 0.25) is 5.02 Å². The highest BCUT2D eigenvalue weighted by Crippen LogP contribution is 2.27. The Hall–Kier alpha value is -1.74. The number of nitrogens with zero attached hydrogens (tertiary/aromatic N) is 1. The van der Waals surface area contributed by atoms with E-state index in [9.17, 15) is 0 Å². The number of benzene rings is 1. The highest BCUT2D eigenvalue weighted by molar-refractivity contribution is 6.32. The van der Waals surface area contributed by atoms with E-state index in [1.807, 2.05) is 37.4 Å². The fourth-order valence-corrected chi connectivity index (χ4v) is 2.00. The molecule has 0 aliphatic carbocycles. The normalized spacial score (nSPS) is 10.3. The summed E-state index contributed by atoms with van der Waals surface area (Å²) in [7, 11) is 0. The number of ether oxygens (including phenoxy) is 1. The molecule has 1 N–H and O–H groups in total. The number of aromatic nitrogens is 1. The average Bonchev–Trinajstić information content (AvgIpc) is 2.41. The summed E-state index contributed by atoms with van der Waals surface area (Å²) in [5.41, 5.74) is 3.36. The minimum atomic E-state index is 0.612. The van der Waals surface area contributed by atoms with Gasteiger partial charge in [0, 0.05) is 24.6 Å². The standard InChI is InChI=1S/C15H17ClN2O/c1-3-19-15-5-4-13(8-14(15)16)18-10-12-9-17-7-6-11(12)2/h4-9,18H,3,10H2,1-2H3. The van der Waals surface area contributed by atoms with Crippen LogP contribution in [0.4, 0.5) is 5.69 Å². The molecule has 0 aliphatic heterocycles. The average molecular weight is 277 g/mol. The molecule has 0 aliphatic rings. The molecule has 0 bridgehead atoms. The number of anilines is 1. The Balaban J connectivity index is 2.04. The van der Waals surface area contributed by atoms with E-state index >= 15 is 0 Å². The minimum Gasteiger partial charge on any atom is -0.492 e. The molecule has 3 nitrogen and oxygen atoms in total. The molecule has 100 valence electrons. The Morgan fingerprint density at radius 1 is 1.32 bits per heavy atom. The first-order chi connectivity index (χ1) is 9.20. The van der Waals surface area contributed by atoms with Crippen LogP contribution in [0.25, 0.3) is 0 Å². The Morgan fingerprint density at radius 3 is 2.84 bits per heavy atom. The summed E-state index contributed by atoms with van der Waals surface area (Å²) < 4.78 is 5.40. The van der Waals surface area contributed by atoms with Gasteiger partial charge in [-0.2, -0.15) is 0 Å². The van der Waals surface area contributed by atoms with Gasteiger partial charge < -0.3 is 10.1 Å². The van der Waals surface area contributed by atoms with Crippen LogP contribution in [0, 0.1) is 6.92 Å². The first kappa shape index (κ1) is 13.7. The first-order valence-electron chi connectivity index (χ1n) is 6.26. The Bertz CT molecular complexity index is 558. The lowest BCUT2D eigenvalue weighted by atomic mass is 10.1. The number of hydrogen-bond donors (Lipinski definition) is 1. The van der Waals surface area contributed by atoms with Crippen molar-refractivity contribution in [2.45, 2.75) is 20.4 Å². The second-order valence-electron chi connectivity index (χ2n) is 4.23. The molecule has 0 fully saturated rings. The van der Waals surface area contributed by atoms with Crippen molar-refractivity contribution in [3.8, 4) is 5.75 Å². The third kappa shape index (κ3) is 3.61. The van der Waals surface area contributed by atoms with Crippen molar-refractivity contribution in [3.63, 3.8) is 0 Å². The molecule has 0 radical (unpaired) electrons. The van der Waals surface area contributed by atoms with E-state index in [2.05, 4.69) is 17.2 Å².